The maximum atomic E-state index is 12.3. The monoisotopic (exact) mass is 333 g/mol. The zero-order valence-electron chi connectivity index (χ0n) is 14.8. The van der Waals surface area contributed by atoms with E-state index in [2.05, 4.69) is 60.8 Å². The van der Waals surface area contributed by atoms with Gasteiger partial charge in [0.25, 0.3) is 0 Å². The van der Waals surface area contributed by atoms with Crippen molar-refractivity contribution in [3.63, 3.8) is 0 Å². The molecule has 0 saturated carbocycles. The molecule has 25 heavy (non-hydrogen) atoms. The van der Waals surface area contributed by atoms with E-state index in [0.717, 1.165) is 42.0 Å². The van der Waals surface area contributed by atoms with Gasteiger partial charge < -0.3 is 9.30 Å². The highest BCUT2D eigenvalue weighted by Gasteiger charge is 2.22. The number of nitrogens with zero attached hydrogens (tertiary/aromatic N) is 3. The van der Waals surface area contributed by atoms with Gasteiger partial charge in [-0.15, -0.1) is 0 Å². The molecule has 0 spiro atoms. The highest BCUT2D eigenvalue weighted by molar-refractivity contribution is 5.77. The fourth-order valence-electron chi connectivity index (χ4n) is 3.50. The first-order valence-corrected chi connectivity index (χ1v) is 8.94. The Balaban J connectivity index is 1.83. The number of aryl methyl sites for hydroxylation is 2. The van der Waals surface area contributed by atoms with Crippen molar-refractivity contribution < 1.29 is 4.79 Å². The second-order valence-electron chi connectivity index (χ2n) is 6.98. The summed E-state index contributed by atoms with van der Waals surface area (Å²) in [6.07, 6.45) is 4.87. The average molecular weight is 333 g/mol. The number of hydrogen-bond acceptors (Lipinski definition) is 2. The topological polar surface area (TPSA) is 37.6 Å². The van der Waals surface area contributed by atoms with Crippen molar-refractivity contribution in [2.75, 3.05) is 6.54 Å². The Labute approximate surface area is 148 Å². The summed E-state index contributed by atoms with van der Waals surface area (Å²) in [5.41, 5.74) is 6.52. The van der Waals surface area contributed by atoms with Gasteiger partial charge in [0, 0.05) is 24.7 Å². The number of carbonyl (C=O) groups excluding carboxylic acids is 1. The van der Waals surface area contributed by atoms with Crippen LogP contribution in [0, 0.1) is 13.8 Å². The van der Waals surface area contributed by atoms with Crippen molar-refractivity contribution in [1.29, 1.82) is 0 Å². The van der Waals surface area contributed by atoms with Gasteiger partial charge in [0.2, 0.25) is 5.91 Å². The molecule has 1 aromatic carbocycles. The van der Waals surface area contributed by atoms with E-state index >= 15 is 0 Å². The van der Waals surface area contributed by atoms with Crippen molar-refractivity contribution in [1.82, 2.24) is 14.3 Å². The standard InChI is InChI=1S/C21H23N3O/c1-15-6-9-17(10-7-15)21-18(14-23-12-4-3-5-20(23)25)24-13-16(2)8-11-19(24)22-21/h6-11,13H,3-5,12,14H2,1-2H3. The molecular formula is C21H23N3O. The normalized spacial score (nSPS) is 15.1. The molecule has 0 atom stereocenters. The molecule has 1 aliphatic rings. The van der Waals surface area contributed by atoms with E-state index in [1.807, 2.05) is 4.90 Å². The van der Waals surface area contributed by atoms with Crippen molar-refractivity contribution >= 4 is 11.6 Å². The molecule has 4 nitrogen and oxygen atoms in total. The minimum atomic E-state index is 0.253. The minimum absolute atomic E-state index is 0.253. The van der Waals surface area contributed by atoms with Crippen LogP contribution in [0.15, 0.2) is 42.6 Å². The van der Waals surface area contributed by atoms with Gasteiger partial charge in [0.1, 0.15) is 5.65 Å². The lowest BCUT2D eigenvalue weighted by atomic mass is 10.1. The van der Waals surface area contributed by atoms with E-state index in [1.165, 1.54) is 11.1 Å². The van der Waals surface area contributed by atoms with Crippen LogP contribution in [0.1, 0.15) is 36.1 Å². The van der Waals surface area contributed by atoms with Crippen LogP contribution in [0.3, 0.4) is 0 Å². The Bertz CT molecular complexity index is 924. The van der Waals surface area contributed by atoms with Crippen LogP contribution >= 0.6 is 0 Å². The van der Waals surface area contributed by atoms with Gasteiger partial charge in [-0.25, -0.2) is 4.98 Å². The van der Waals surface area contributed by atoms with Gasteiger partial charge in [0.05, 0.1) is 17.9 Å². The number of hydrogen-bond donors (Lipinski definition) is 0. The SMILES string of the molecule is Cc1ccc(-c2nc3ccc(C)cn3c2CN2CCCCC2=O)cc1. The van der Waals surface area contributed by atoms with Gasteiger partial charge in [0.15, 0.2) is 0 Å². The molecule has 0 bridgehead atoms. The molecule has 0 aliphatic carbocycles. The number of carbonyl (C=O) groups is 1. The summed E-state index contributed by atoms with van der Waals surface area (Å²) in [4.78, 5) is 19.2. The molecule has 0 radical (unpaired) electrons. The summed E-state index contributed by atoms with van der Waals surface area (Å²) < 4.78 is 2.15. The Morgan fingerprint density at radius 2 is 1.76 bits per heavy atom. The Morgan fingerprint density at radius 3 is 2.52 bits per heavy atom. The van der Waals surface area contributed by atoms with Crippen LogP contribution in [-0.2, 0) is 11.3 Å². The summed E-state index contributed by atoms with van der Waals surface area (Å²) in [7, 11) is 0. The maximum Gasteiger partial charge on any atom is 0.222 e. The quantitative estimate of drug-likeness (QED) is 0.723. The third-order valence-corrected chi connectivity index (χ3v) is 4.95. The summed E-state index contributed by atoms with van der Waals surface area (Å²) in [6.45, 7) is 5.63. The van der Waals surface area contributed by atoms with Crippen molar-refractivity contribution in [3.05, 3.63) is 59.4 Å². The smallest absolute Gasteiger partial charge is 0.222 e. The van der Waals surface area contributed by atoms with Crippen molar-refractivity contribution in [3.8, 4) is 11.3 Å². The molecule has 1 aliphatic heterocycles. The Hall–Kier alpha value is -2.62. The van der Waals surface area contributed by atoms with Gasteiger partial charge in [-0.2, -0.15) is 0 Å². The first-order chi connectivity index (χ1) is 12.1. The van der Waals surface area contributed by atoms with Gasteiger partial charge >= 0.3 is 0 Å². The fourth-order valence-corrected chi connectivity index (χ4v) is 3.50. The van der Waals surface area contributed by atoms with Crippen LogP contribution in [0.4, 0.5) is 0 Å². The lowest BCUT2D eigenvalue weighted by Crippen LogP contribution is -2.35. The van der Waals surface area contributed by atoms with E-state index in [0.29, 0.717) is 13.0 Å². The molecule has 1 saturated heterocycles. The number of likely N-dealkylation sites (tertiary alicyclic amines) is 1. The zero-order chi connectivity index (χ0) is 17.4. The number of benzene rings is 1. The average Bonchev–Trinajstić information content (AvgIpc) is 2.95. The Morgan fingerprint density at radius 1 is 1.00 bits per heavy atom. The number of fused-ring (bicyclic) bond motifs is 1. The highest BCUT2D eigenvalue weighted by Crippen LogP contribution is 2.27. The lowest BCUT2D eigenvalue weighted by Gasteiger charge is -2.27. The van der Waals surface area contributed by atoms with Crippen LogP contribution in [-0.4, -0.2) is 26.7 Å². The first kappa shape index (κ1) is 15.9. The first-order valence-electron chi connectivity index (χ1n) is 8.94. The summed E-state index contributed by atoms with van der Waals surface area (Å²) in [5.74, 6) is 0.253. The van der Waals surface area contributed by atoms with Gasteiger partial charge in [-0.1, -0.05) is 35.9 Å². The molecular weight excluding hydrogens is 310 g/mol. The van der Waals surface area contributed by atoms with Gasteiger partial charge in [-0.3, -0.25) is 4.79 Å². The van der Waals surface area contributed by atoms with Crippen LogP contribution in [0.5, 0.6) is 0 Å². The van der Waals surface area contributed by atoms with E-state index < -0.39 is 0 Å². The molecule has 1 amide bonds. The second-order valence-corrected chi connectivity index (χ2v) is 6.98. The number of amides is 1. The number of rotatable bonds is 3. The molecule has 0 unspecified atom stereocenters. The zero-order valence-corrected chi connectivity index (χ0v) is 14.8. The third-order valence-electron chi connectivity index (χ3n) is 4.95. The number of pyridine rings is 1. The number of imidazole rings is 1. The summed E-state index contributed by atoms with van der Waals surface area (Å²) >= 11 is 0. The number of aromatic nitrogens is 2. The molecule has 2 aromatic heterocycles. The van der Waals surface area contributed by atoms with Crippen molar-refractivity contribution in [2.45, 2.75) is 39.7 Å². The molecule has 1 fully saturated rings. The van der Waals surface area contributed by atoms with E-state index in [9.17, 15) is 4.79 Å². The molecule has 3 aromatic rings. The molecule has 4 rings (SSSR count). The predicted octanol–water partition coefficient (Wildman–Crippen LogP) is 4.13. The van der Waals surface area contributed by atoms with E-state index in [1.54, 1.807) is 0 Å². The molecule has 3 heterocycles. The largest absolute Gasteiger partial charge is 0.337 e. The molecule has 0 N–H and O–H groups in total. The van der Waals surface area contributed by atoms with Crippen molar-refractivity contribution in [2.24, 2.45) is 0 Å². The minimum Gasteiger partial charge on any atom is -0.337 e. The van der Waals surface area contributed by atoms with Crippen LogP contribution in [0.25, 0.3) is 16.9 Å². The van der Waals surface area contributed by atoms with E-state index in [4.69, 9.17) is 4.98 Å². The highest BCUT2D eigenvalue weighted by atomic mass is 16.2. The third kappa shape index (κ3) is 3.04. The Kier molecular flexibility index (Phi) is 4.04. The molecule has 128 valence electrons. The van der Waals surface area contributed by atoms with Crippen LogP contribution < -0.4 is 0 Å². The molecule has 4 heteroatoms. The van der Waals surface area contributed by atoms with Gasteiger partial charge in [-0.05, 0) is 38.3 Å². The van der Waals surface area contributed by atoms with Crippen LogP contribution in [0.2, 0.25) is 0 Å². The summed E-state index contributed by atoms with van der Waals surface area (Å²) in [6, 6.07) is 12.6. The second kappa shape index (κ2) is 6.36. The number of piperidine rings is 1. The maximum absolute atomic E-state index is 12.3. The summed E-state index contributed by atoms with van der Waals surface area (Å²) in [5, 5.41) is 0. The fraction of sp³-hybridized carbons (Fsp3) is 0.333. The van der Waals surface area contributed by atoms with E-state index in [-0.39, 0.29) is 5.91 Å². The lowest BCUT2D eigenvalue weighted by molar-refractivity contribution is -0.133. The predicted molar refractivity (Wildman–Crippen MR) is 99.4 cm³/mol.